The summed E-state index contributed by atoms with van der Waals surface area (Å²) in [7, 11) is 0. The molecule has 0 aliphatic rings. The topological polar surface area (TPSA) is 100 Å². The highest BCUT2D eigenvalue weighted by Crippen LogP contribution is 2.29. The average molecular weight is 467 g/mol. The highest BCUT2D eigenvalue weighted by molar-refractivity contribution is 6.02. The minimum Gasteiger partial charge on any atom is -0.348 e. The number of aromatic nitrogens is 5. The largest absolute Gasteiger partial charge is 0.408 e. The van der Waals surface area contributed by atoms with Crippen molar-refractivity contribution in [1.29, 1.82) is 0 Å². The molecule has 13 heteroatoms. The molecule has 1 atom stereocenters. The number of fused-ring (bicyclic) bond motifs is 2. The molecule has 4 aromatic rings. The molecule has 0 spiro atoms. The van der Waals surface area contributed by atoms with Gasteiger partial charge in [-0.05, 0) is 24.6 Å². The first-order chi connectivity index (χ1) is 15.4. The van der Waals surface area contributed by atoms with E-state index in [4.69, 9.17) is 0 Å². The summed E-state index contributed by atoms with van der Waals surface area (Å²) in [5.41, 5.74) is 1.95. The molecule has 174 valence electrons. The molecule has 0 fully saturated rings. The summed E-state index contributed by atoms with van der Waals surface area (Å²) in [5.74, 6) is -3.80. The number of pyridine rings is 1. The summed E-state index contributed by atoms with van der Waals surface area (Å²) in [6, 6.07) is 1.28. The van der Waals surface area contributed by atoms with Crippen LogP contribution < -0.4 is 10.6 Å². The first-order valence-corrected chi connectivity index (χ1v) is 9.73. The van der Waals surface area contributed by atoms with Crippen LogP contribution in [0.3, 0.4) is 0 Å². The van der Waals surface area contributed by atoms with E-state index in [-0.39, 0.29) is 11.5 Å². The van der Waals surface area contributed by atoms with Crippen molar-refractivity contribution in [1.82, 2.24) is 29.9 Å². The molecule has 0 aliphatic heterocycles. The van der Waals surface area contributed by atoms with Crippen molar-refractivity contribution in [2.75, 3.05) is 11.9 Å². The van der Waals surface area contributed by atoms with Gasteiger partial charge >= 0.3 is 6.18 Å². The third-order valence-corrected chi connectivity index (χ3v) is 4.90. The third kappa shape index (κ3) is 4.71. The maximum atomic E-state index is 13.0. The quantitative estimate of drug-likeness (QED) is 0.372. The van der Waals surface area contributed by atoms with Gasteiger partial charge in [-0.2, -0.15) is 23.3 Å². The van der Waals surface area contributed by atoms with Crippen LogP contribution in [0.2, 0.25) is 0 Å². The standard InChI is InChI=1S/C20H18F5N7O/c1-10(20(23,24)25)30-17(33)14-8-29-32-4-3-11(5-15(14)32)12-6-26-16-13(12)7-27-18(31-16)28-9-19(2,21)22/h3-8,10H,9H2,1-2H3,(H,30,33)(H2,26,27,28,31)/t10-/m1/s1. The lowest BCUT2D eigenvalue weighted by Gasteiger charge is -2.16. The van der Waals surface area contributed by atoms with Gasteiger partial charge in [0.05, 0.1) is 23.8 Å². The van der Waals surface area contributed by atoms with Crippen molar-refractivity contribution in [2.45, 2.75) is 32.0 Å². The van der Waals surface area contributed by atoms with Crippen LogP contribution in [0.15, 0.2) is 36.9 Å². The van der Waals surface area contributed by atoms with E-state index in [9.17, 15) is 26.7 Å². The van der Waals surface area contributed by atoms with E-state index >= 15 is 0 Å². The van der Waals surface area contributed by atoms with Crippen LogP contribution in [0.4, 0.5) is 27.9 Å². The van der Waals surface area contributed by atoms with Crippen molar-refractivity contribution in [3.8, 4) is 11.1 Å². The number of H-pyrrole nitrogens is 1. The van der Waals surface area contributed by atoms with Crippen molar-refractivity contribution < 1.29 is 26.7 Å². The van der Waals surface area contributed by atoms with E-state index in [1.165, 1.54) is 16.9 Å². The highest BCUT2D eigenvalue weighted by Gasteiger charge is 2.37. The zero-order chi connectivity index (χ0) is 24.0. The van der Waals surface area contributed by atoms with Crippen LogP contribution >= 0.6 is 0 Å². The molecule has 0 aliphatic carbocycles. The van der Waals surface area contributed by atoms with E-state index < -0.39 is 30.6 Å². The summed E-state index contributed by atoms with van der Waals surface area (Å²) in [6.07, 6.45) is 1.27. The predicted octanol–water partition coefficient (Wildman–Crippen LogP) is 4.02. The fourth-order valence-electron chi connectivity index (χ4n) is 3.14. The minimum atomic E-state index is -4.57. The predicted molar refractivity (Wildman–Crippen MR) is 110 cm³/mol. The zero-order valence-corrected chi connectivity index (χ0v) is 17.3. The van der Waals surface area contributed by atoms with Gasteiger partial charge in [0.25, 0.3) is 11.8 Å². The Labute approximate surface area is 183 Å². The molecule has 8 nitrogen and oxygen atoms in total. The minimum absolute atomic E-state index is 0.0176. The molecule has 4 heterocycles. The molecule has 3 N–H and O–H groups in total. The molecule has 0 saturated heterocycles. The second kappa shape index (κ2) is 7.98. The molecule has 1 amide bonds. The molecule has 33 heavy (non-hydrogen) atoms. The fraction of sp³-hybridized carbons (Fsp3) is 0.300. The Kier molecular flexibility index (Phi) is 5.42. The van der Waals surface area contributed by atoms with Crippen molar-refractivity contribution >= 4 is 28.4 Å². The number of carbonyl (C=O) groups excluding carboxylic acids is 1. The Morgan fingerprint density at radius 3 is 2.70 bits per heavy atom. The van der Waals surface area contributed by atoms with Gasteiger partial charge in [0.1, 0.15) is 11.7 Å². The molecule has 0 aromatic carbocycles. The van der Waals surface area contributed by atoms with Crippen molar-refractivity contribution in [3.05, 3.63) is 42.5 Å². The number of halogens is 5. The van der Waals surface area contributed by atoms with Crippen LogP contribution in [-0.4, -0.2) is 55.2 Å². The molecule has 0 bridgehead atoms. The normalized spacial score (nSPS) is 13.4. The molecule has 4 rings (SSSR count). The number of rotatable bonds is 6. The van der Waals surface area contributed by atoms with E-state index in [0.29, 0.717) is 27.7 Å². The second-order valence-corrected chi connectivity index (χ2v) is 7.62. The lowest BCUT2D eigenvalue weighted by atomic mass is 10.1. The average Bonchev–Trinajstić information content (AvgIpc) is 3.34. The van der Waals surface area contributed by atoms with Crippen LogP contribution in [-0.2, 0) is 0 Å². The zero-order valence-electron chi connectivity index (χ0n) is 17.3. The highest BCUT2D eigenvalue weighted by atomic mass is 19.4. The van der Waals surface area contributed by atoms with Crippen molar-refractivity contribution in [2.24, 2.45) is 0 Å². The van der Waals surface area contributed by atoms with Gasteiger partial charge in [-0.15, -0.1) is 0 Å². The number of hydrogen-bond acceptors (Lipinski definition) is 5. The van der Waals surface area contributed by atoms with Gasteiger partial charge in [-0.25, -0.2) is 18.3 Å². The van der Waals surface area contributed by atoms with Crippen LogP contribution in [0.25, 0.3) is 27.7 Å². The molecular formula is C20H18F5N7O. The number of aromatic amines is 1. The van der Waals surface area contributed by atoms with Gasteiger partial charge in [-0.1, -0.05) is 0 Å². The lowest BCUT2D eigenvalue weighted by molar-refractivity contribution is -0.149. The number of amides is 1. The Morgan fingerprint density at radius 1 is 1.24 bits per heavy atom. The Hall–Kier alpha value is -3.77. The molecule has 4 aromatic heterocycles. The van der Waals surface area contributed by atoms with E-state index in [0.717, 1.165) is 13.8 Å². The smallest absolute Gasteiger partial charge is 0.348 e. The summed E-state index contributed by atoms with van der Waals surface area (Å²) in [4.78, 5) is 23.6. The van der Waals surface area contributed by atoms with E-state index in [2.05, 4.69) is 25.4 Å². The van der Waals surface area contributed by atoms with Gasteiger partial charge in [0.2, 0.25) is 5.95 Å². The number of carbonyl (C=O) groups is 1. The third-order valence-electron chi connectivity index (χ3n) is 4.90. The Balaban J connectivity index is 1.65. The maximum Gasteiger partial charge on any atom is 0.408 e. The summed E-state index contributed by atoms with van der Waals surface area (Å²) >= 11 is 0. The monoisotopic (exact) mass is 467 g/mol. The number of alkyl halides is 5. The van der Waals surface area contributed by atoms with Gasteiger partial charge in [-0.3, -0.25) is 4.79 Å². The number of anilines is 1. The first-order valence-electron chi connectivity index (χ1n) is 9.73. The second-order valence-electron chi connectivity index (χ2n) is 7.62. The van der Waals surface area contributed by atoms with Gasteiger partial charge < -0.3 is 15.6 Å². The number of nitrogens with one attached hydrogen (secondary N) is 3. The SMILES string of the molecule is C[C@@H](NC(=O)c1cnn2ccc(-c3c[nH]c4nc(NCC(C)(F)F)ncc34)cc12)C(F)(F)F. The fourth-order valence-corrected chi connectivity index (χ4v) is 3.14. The van der Waals surface area contributed by atoms with Crippen molar-refractivity contribution in [3.63, 3.8) is 0 Å². The van der Waals surface area contributed by atoms with Gasteiger partial charge in [0.15, 0.2) is 0 Å². The van der Waals surface area contributed by atoms with Crippen LogP contribution in [0.1, 0.15) is 24.2 Å². The van der Waals surface area contributed by atoms with E-state index in [1.807, 2.05) is 5.32 Å². The Morgan fingerprint density at radius 2 is 2.00 bits per heavy atom. The maximum absolute atomic E-state index is 13.0. The van der Waals surface area contributed by atoms with Crippen LogP contribution in [0.5, 0.6) is 0 Å². The first kappa shape index (κ1) is 22.4. The summed E-state index contributed by atoms with van der Waals surface area (Å²) in [5, 5.41) is 8.99. The number of hydrogen-bond donors (Lipinski definition) is 3. The van der Waals surface area contributed by atoms with Crippen LogP contribution in [0, 0.1) is 0 Å². The molecule has 0 unspecified atom stereocenters. The Bertz CT molecular complexity index is 1320. The summed E-state index contributed by atoms with van der Waals surface area (Å²) in [6.45, 7) is 1.00. The molecule has 0 saturated carbocycles. The lowest BCUT2D eigenvalue weighted by Crippen LogP contribution is -2.43. The van der Waals surface area contributed by atoms with Gasteiger partial charge in [0, 0.05) is 36.5 Å². The van der Waals surface area contributed by atoms with E-state index in [1.54, 1.807) is 24.5 Å². The summed E-state index contributed by atoms with van der Waals surface area (Å²) < 4.78 is 65.9. The molecular weight excluding hydrogens is 449 g/mol. The number of nitrogens with zero attached hydrogens (tertiary/aromatic N) is 4. The molecule has 0 radical (unpaired) electrons.